The lowest BCUT2D eigenvalue weighted by atomic mass is 10.0. The van der Waals surface area contributed by atoms with Crippen LogP contribution in [0.3, 0.4) is 0 Å². The fraction of sp³-hybridized carbons (Fsp3) is 0. The second-order valence-corrected chi connectivity index (χ2v) is 7.24. The summed E-state index contributed by atoms with van der Waals surface area (Å²) in [5, 5.41) is 19.9. The first-order valence-electron chi connectivity index (χ1n) is 9.50. The van der Waals surface area contributed by atoms with E-state index in [0.717, 1.165) is 0 Å². The Morgan fingerprint density at radius 1 is 1.00 bits per heavy atom. The quantitative estimate of drug-likeness (QED) is 0.434. The molecule has 0 spiro atoms. The summed E-state index contributed by atoms with van der Waals surface area (Å²) >= 11 is 5.97. The molecule has 1 aromatic heterocycles. The van der Waals surface area contributed by atoms with Crippen LogP contribution < -0.4 is 10.3 Å². The van der Waals surface area contributed by atoms with Crippen LogP contribution in [0.15, 0.2) is 89.9 Å². The minimum Gasteiger partial charge on any atom is -0.507 e. The van der Waals surface area contributed by atoms with Gasteiger partial charge in [0, 0.05) is 16.8 Å². The average molecular weight is 443 g/mol. The summed E-state index contributed by atoms with van der Waals surface area (Å²) in [6.07, 6.45) is 1.32. The van der Waals surface area contributed by atoms with Gasteiger partial charge in [0.1, 0.15) is 23.1 Å². The van der Waals surface area contributed by atoms with Crippen LogP contribution in [0.5, 0.6) is 17.2 Å². The fourth-order valence-electron chi connectivity index (χ4n) is 3.17. The standard InChI is InChI=1S/C25H15ClN2O4/c26-18-10-11-22(29)20(13-18)24(30)17-12-16(14-27)25(31)28(15-17)21-8-4-5-9-23(21)32-19-6-2-1-3-7-19/h1-13,15,29H. The Morgan fingerprint density at radius 2 is 1.72 bits per heavy atom. The predicted octanol–water partition coefficient (Wildman–Crippen LogP) is 5.09. The van der Waals surface area contributed by atoms with Crippen molar-refractivity contribution in [2.75, 3.05) is 0 Å². The molecule has 32 heavy (non-hydrogen) atoms. The molecule has 0 unspecified atom stereocenters. The Morgan fingerprint density at radius 3 is 2.47 bits per heavy atom. The lowest BCUT2D eigenvalue weighted by Gasteiger charge is -2.14. The largest absolute Gasteiger partial charge is 0.507 e. The van der Waals surface area contributed by atoms with Gasteiger partial charge >= 0.3 is 0 Å². The number of aromatic hydroxyl groups is 1. The fourth-order valence-corrected chi connectivity index (χ4v) is 3.34. The van der Waals surface area contributed by atoms with Crippen LogP contribution in [-0.4, -0.2) is 15.5 Å². The zero-order chi connectivity index (χ0) is 22.7. The molecule has 3 aromatic carbocycles. The van der Waals surface area contributed by atoms with E-state index >= 15 is 0 Å². The van der Waals surface area contributed by atoms with E-state index in [1.807, 2.05) is 24.3 Å². The molecule has 0 radical (unpaired) electrons. The zero-order valence-corrected chi connectivity index (χ0v) is 17.3. The predicted molar refractivity (Wildman–Crippen MR) is 120 cm³/mol. The number of benzene rings is 3. The number of para-hydroxylation sites is 3. The second-order valence-electron chi connectivity index (χ2n) is 6.80. The van der Waals surface area contributed by atoms with Gasteiger partial charge in [-0.1, -0.05) is 41.9 Å². The van der Waals surface area contributed by atoms with Crippen molar-refractivity contribution in [2.45, 2.75) is 0 Å². The number of phenolic OH excluding ortho intramolecular Hbond substituents is 1. The van der Waals surface area contributed by atoms with Crippen LogP contribution in [0.1, 0.15) is 21.5 Å². The zero-order valence-electron chi connectivity index (χ0n) is 16.5. The van der Waals surface area contributed by atoms with E-state index < -0.39 is 11.3 Å². The molecule has 7 heteroatoms. The van der Waals surface area contributed by atoms with E-state index in [1.165, 1.54) is 35.0 Å². The number of nitriles is 1. The van der Waals surface area contributed by atoms with Gasteiger partial charge in [0.25, 0.3) is 5.56 Å². The highest BCUT2D eigenvalue weighted by Gasteiger charge is 2.19. The molecule has 156 valence electrons. The average Bonchev–Trinajstić information content (AvgIpc) is 2.81. The monoisotopic (exact) mass is 442 g/mol. The first kappa shape index (κ1) is 20.9. The van der Waals surface area contributed by atoms with Crippen molar-refractivity contribution in [1.82, 2.24) is 4.57 Å². The Kier molecular flexibility index (Phi) is 5.75. The number of ketones is 1. The number of carbonyl (C=O) groups excluding carboxylic acids is 1. The highest BCUT2D eigenvalue weighted by atomic mass is 35.5. The maximum absolute atomic E-state index is 13.1. The summed E-state index contributed by atoms with van der Waals surface area (Å²) in [5.41, 5.74) is -0.494. The molecule has 4 rings (SSSR count). The first-order chi connectivity index (χ1) is 15.5. The molecule has 0 fully saturated rings. The van der Waals surface area contributed by atoms with Gasteiger partial charge in [-0.2, -0.15) is 5.26 Å². The third kappa shape index (κ3) is 4.10. The van der Waals surface area contributed by atoms with Crippen molar-refractivity contribution >= 4 is 17.4 Å². The smallest absolute Gasteiger partial charge is 0.273 e. The normalized spacial score (nSPS) is 10.4. The van der Waals surface area contributed by atoms with E-state index in [2.05, 4.69) is 0 Å². The molecular weight excluding hydrogens is 428 g/mol. The number of carbonyl (C=O) groups is 1. The Bertz CT molecular complexity index is 1420. The molecule has 0 amide bonds. The lowest BCUT2D eigenvalue weighted by molar-refractivity contribution is 0.103. The molecule has 1 N–H and O–H groups in total. The van der Waals surface area contributed by atoms with Gasteiger partial charge in [-0.3, -0.25) is 14.2 Å². The first-order valence-corrected chi connectivity index (χ1v) is 9.88. The molecule has 0 saturated carbocycles. The number of ether oxygens (including phenoxy) is 1. The van der Waals surface area contributed by atoms with Crippen molar-refractivity contribution in [3.63, 3.8) is 0 Å². The topological polar surface area (TPSA) is 92.3 Å². The molecule has 0 aliphatic carbocycles. The summed E-state index contributed by atoms with van der Waals surface area (Å²) in [4.78, 5) is 26.0. The number of rotatable bonds is 5. The molecular formula is C25H15ClN2O4. The van der Waals surface area contributed by atoms with Crippen LogP contribution in [0.2, 0.25) is 5.02 Å². The van der Waals surface area contributed by atoms with E-state index in [9.17, 15) is 20.0 Å². The summed E-state index contributed by atoms with van der Waals surface area (Å²) in [6.45, 7) is 0. The molecule has 0 aliphatic heterocycles. The summed E-state index contributed by atoms with van der Waals surface area (Å²) in [6, 6.07) is 22.9. The SMILES string of the molecule is N#Cc1cc(C(=O)c2cc(Cl)ccc2O)cn(-c2ccccc2Oc2ccccc2)c1=O. The maximum Gasteiger partial charge on any atom is 0.273 e. The van der Waals surface area contributed by atoms with E-state index in [-0.39, 0.29) is 27.5 Å². The molecule has 0 saturated heterocycles. The van der Waals surface area contributed by atoms with Crippen molar-refractivity contribution in [1.29, 1.82) is 5.26 Å². The molecule has 0 atom stereocenters. The minimum absolute atomic E-state index is 0.0354. The van der Waals surface area contributed by atoms with Crippen molar-refractivity contribution in [3.05, 3.63) is 117 Å². The van der Waals surface area contributed by atoms with Crippen molar-refractivity contribution in [2.24, 2.45) is 0 Å². The van der Waals surface area contributed by atoms with Crippen LogP contribution in [0.4, 0.5) is 0 Å². The number of hydrogen-bond acceptors (Lipinski definition) is 5. The Labute approximate surface area is 188 Å². The van der Waals surface area contributed by atoms with Gasteiger partial charge in [0.2, 0.25) is 0 Å². The summed E-state index contributed by atoms with van der Waals surface area (Å²) in [7, 11) is 0. The van der Waals surface area contributed by atoms with Gasteiger partial charge in [0.05, 0.1) is 11.3 Å². The number of phenols is 1. The third-order valence-corrected chi connectivity index (χ3v) is 4.93. The molecule has 4 aromatic rings. The molecule has 0 aliphatic rings. The molecule has 0 bridgehead atoms. The van der Waals surface area contributed by atoms with Gasteiger partial charge < -0.3 is 9.84 Å². The van der Waals surface area contributed by atoms with Crippen LogP contribution in [0.25, 0.3) is 5.69 Å². The van der Waals surface area contributed by atoms with Gasteiger partial charge in [0.15, 0.2) is 11.5 Å². The number of halogens is 1. The number of hydrogen-bond donors (Lipinski definition) is 1. The van der Waals surface area contributed by atoms with Crippen LogP contribution in [-0.2, 0) is 0 Å². The molecule has 1 heterocycles. The van der Waals surface area contributed by atoms with Crippen LogP contribution >= 0.6 is 11.6 Å². The second kappa shape index (κ2) is 8.80. The highest BCUT2D eigenvalue weighted by Crippen LogP contribution is 2.29. The third-order valence-electron chi connectivity index (χ3n) is 4.70. The molecule has 6 nitrogen and oxygen atoms in total. The van der Waals surface area contributed by atoms with Crippen molar-refractivity contribution in [3.8, 4) is 29.0 Å². The van der Waals surface area contributed by atoms with Crippen molar-refractivity contribution < 1.29 is 14.6 Å². The highest BCUT2D eigenvalue weighted by molar-refractivity contribution is 6.31. The Hall–Kier alpha value is -4.34. The van der Waals surface area contributed by atoms with E-state index in [1.54, 1.807) is 36.4 Å². The Balaban J connectivity index is 1.87. The maximum atomic E-state index is 13.1. The van der Waals surface area contributed by atoms with Crippen LogP contribution in [0, 0.1) is 11.3 Å². The van der Waals surface area contributed by atoms with Gasteiger partial charge in [-0.25, -0.2) is 0 Å². The number of pyridine rings is 1. The summed E-state index contributed by atoms with van der Waals surface area (Å²) in [5.74, 6) is 0.0738. The van der Waals surface area contributed by atoms with Gasteiger partial charge in [-0.05, 0) is 48.5 Å². The minimum atomic E-state index is -0.608. The number of nitrogens with zero attached hydrogens (tertiary/aromatic N) is 2. The van der Waals surface area contributed by atoms with E-state index in [4.69, 9.17) is 16.3 Å². The van der Waals surface area contributed by atoms with Gasteiger partial charge in [-0.15, -0.1) is 0 Å². The summed E-state index contributed by atoms with van der Waals surface area (Å²) < 4.78 is 7.11. The lowest BCUT2D eigenvalue weighted by Crippen LogP contribution is -2.23. The van der Waals surface area contributed by atoms with E-state index in [0.29, 0.717) is 17.2 Å². The number of aromatic nitrogens is 1.